The Bertz CT molecular complexity index is 1240. The van der Waals surface area contributed by atoms with Crippen LogP contribution in [0.1, 0.15) is 121 Å². The van der Waals surface area contributed by atoms with Gasteiger partial charge in [0.25, 0.3) is 0 Å². The molecule has 0 radical (unpaired) electrons. The fourth-order valence-corrected chi connectivity index (χ4v) is 8.92. The molecule has 268 valence electrons. The van der Waals surface area contributed by atoms with Crippen molar-refractivity contribution in [3.8, 4) is 34.5 Å². The Kier molecular flexibility index (Phi) is 19.6. The predicted octanol–water partition coefficient (Wildman–Crippen LogP) is 10.5. The Labute approximate surface area is 308 Å². The molecule has 0 aliphatic heterocycles. The summed E-state index contributed by atoms with van der Waals surface area (Å²) in [5.74, 6) is 1.04. The van der Waals surface area contributed by atoms with E-state index in [4.69, 9.17) is 18.9 Å². The monoisotopic (exact) mass is 750 g/mol. The maximum atomic E-state index is 11.8. The molecule has 2 aliphatic carbocycles. The van der Waals surface area contributed by atoms with Gasteiger partial charge in [0.2, 0.25) is 0 Å². The zero-order valence-electron chi connectivity index (χ0n) is 31.7. The first kappa shape index (κ1) is 42.3. The van der Waals surface area contributed by atoms with Crippen molar-refractivity contribution in [2.75, 3.05) is 0 Å². The second-order valence-electron chi connectivity index (χ2n) is 13.4. The van der Waals surface area contributed by atoms with Crippen molar-refractivity contribution >= 4 is 0 Å². The summed E-state index contributed by atoms with van der Waals surface area (Å²) in [6, 6.07) is 10.2. The Hall–Kier alpha value is -2.92. The Morgan fingerprint density at radius 1 is 0.551 bits per heavy atom. The van der Waals surface area contributed by atoms with E-state index in [9.17, 15) is 10.2 Å². The molecule has 0 fully saturated rings. The van der Waals surface area contributed by atoms with Crippen LogP contribution in [0.5, 0.6) is 34.5 Å². The van der Waals surface area contributed by atoms with Crippen LogP contribution in [0.3, 0.4) is 0 Å². The molecule has 0 atom stereocenters. The fourth-order valence-electron chi connectivity index (χ4n) is 5.13. The summed E-state index contributed by atoms with van der Waals surface area (Å²) in [5, 5.41) is 23.6. The van der Waals surface area contributed by atoms with Crippen molar-refractivity contribution < 1.29 is 52.4 Å². The van der Waals surface area contributed by atoms with E-state index in [-0.39, 0.29) is 35.9 Å². The fraction of sp³-hybridized carbons (Fsp3) is 0.524. The van der Waals surface area contributed by atoms with Crippen molar-refractivity contribution in [3.63, 3.8) is 0 Å². The number of hydrogen-bond acceptors (Lipinski definition) is 6. The van der Waals surface area contributed by atoms with E-state index < -0.39 is 23.2 Å². The molecule has 2 aromatic carbocycles. The third-order valence-electron chi connectivity index (χ3n) is 7.29. The number of hydrogen-bond donors (Lipinski definition) is 0. The van der Waals surface area contributed by atoms with Crippen LogP contribution in [0.2, 0.25) is 0 Å². The predicted molar refractivity (Wildman–Crippen MR) is 195 cm³/mol. The van der Waals surface area contributed by atoms with E-state index in [1.807, 2.05) is 62.0 Å². The number of unbranched alkanes of at least 4 members (excludes halogenated alkanes) is 2. The van der Waals surface area contributed by atoms with Crippen LogP contribution < -0.4 is 29.2 Å². The van der Waals surface area contributed by atoms with Gasteiger partial charge in [-0.3, -0.25) is 0 Å². The molecule has 0 heterocycles. The van der Waals surface area contributed by atoms with E-state index in [1.54, 1.807) is 47.5 Å². The van der Waals surface area contributed by atoms with Crippen molar-refractivity contribution in [3.05, 3.63) is 78.4 Å². The molecule has 0 unspecified atom stereocenters. The molecule has 0 saturated carbocycles. The SMILES string of the molecule is CC(C)Oc1cccc(OC(C)C)c1[O-].CC(C)Oc1cccc(OC(C)C)c1[O-].CCCCC1=[C]([Zr+2][C]2=C(CCCC)C=CC2)CC=C1. The van der Waals surface area contributed by atoms with E-state index >= 15 is 0 Å². The summed E-state index contributed by atoms with van der Waals surface area (Å²) in [6.07, 6.45) is 20.2. The summed E-state index contributed by atoms with van der Waals surface area (Å²) in [6.45, 7) is 19.7. The van der Waals surface area contributed by atoms with E-state index in [0.29, 0.717) is 23.0 Å². The van der Waals surface area contributed by atoms with Gasteiger partial charge in [-0.2, -0.15) is 0 Å². The third kappa shape index (κ3) is 15.7. The number of rotatable bonds is 16. The van der Waals surface area contributed by atoms with Gasteiger partial charge in [-0.1, -0.05) is 12.1 Å². The maximum absolute atomic E-state index is 11.8. The summed E-state index contributed by atoms with van der Waals surface area (Å²) >= 11 is -0.463. The van der Waals surface area contributed by atoms with Gasteiger partial charge in [-0.15, -0.1) is 0 Å². The molecule has 49 heavy (non-hydrogen) atoms. The number of para-hydroxylation sites is 2. The number of ether oxygens (including phenoxy) is 4. The second-order valence-corrected chi connectivity index (χ2v) is 17.0. The van der Waals surface area contributed by atoms with Gasteiger partial charge < -0.3 is 29.2 Å². The van der Waals surface area contributed by atoms with Crippen molar-refractivity contribution in [2.24, 2.45) is 0 Å². The van der Waals surface area contributed by atoms with Gasteiger partial charge in [0.05, 0.1) is 24.4 Å². The van der Waals surface area contributed by atoms with Crippen LogP contribution in [-0.4, -0.2) is 24.4 Å². The summed E-state index contributed by atoms with van der Waals surface area (Å²) < 4.78 is 25.2. The van der Waals surface area contributed by atoms with E-state index in [1.165, 1.54) is 51.4 Å². The first-order valence-electron chi connectivity index (χ1n) is 18.2. The molecule has 0 amide bonds. The molecular formula is C42H60O6Zr. The Morgan fingerprint density at radius 3 is 1.12 bits per heavy atom. The zero-order valence-corrected chi connectivity index (χ0v) is 34.1. The van der Waals surface area contributed by atoms with E-state index in [2.05, 4.69) is 38.2 Å². The van der Waals surface area contributed by atoms with Gasteiger partial charge in [-0.05, 0) is 91.2 Å². The summed E-state index contributed by atoms with van der Waals surface area (Å²) in [7, 11) is 0. The second kappa shape index (κ2) is 22.7. The molecule has 2 aliphatic rings. The average Bonchev–Trinajstić information content (AvgIpc) is 3.68. The van der Waals surface area contributed by atoms with Gasteiger partial charge >= 0.3 is 130 Å². The van der Waals surface area contributed by atoms with Gasteiger partial charge in [0, 0.05) is 0 Å². The van der Waals surface area contributed by atoms with Crippen LogP contribution in [0, 0.1) is 0 Å². The molecule has 0 spiro atoms. The normalized spacial score (nSPS) is 13.5. The summed E-state index contributed by atoms with van der Waals surface area (Å²) in [4.78, 5) is 0. The molecule has 6 nitrogen and oxygen atoms in total. The molecule has 0 N–H and O–H groups in total. The first-order chi connectivity index (χ1) is 23.4. The molecule has 2 aromatic rings. The molecule has 0 aromatic heterocycles. The first-order valence-corrected chi connectivity index (χ1v) is 20.6. The zero-order chi connectivity index (χ0) is 36.3. The van der Waals surface area contributed by atoms with E-state index in [0.717, 1.165) is 0 Å². The minimum absolute atomic E-state index is 0.00741. The Morgan fingerprint density at radius 2 is 0.857 bits per heavy atom. The molecule has 7 heteroatoms. The van der Waals surface area contributed by atoms with Crippen LogP contribution in [0.15, 0.2) is 78.4 Å². The summed E-state index contributed by atoms with van der Waals surface area (Å²) in [5.41, 5.74) is 3.42. The van der Waals surface area contributed by atoms with Gasteiger partial charge in [-0.25, -0.2) is 0 Å². The average molecular weight is 752 g/mol. The number of allylic oxidation sites excluding steroid dienone is 8. The van der Waals surface area contributed by atoms with Crippen molar-refractivity contribution in [1.29, 1.82) is 0 Å². The molecular weight excluding hydrogens is 692 g/mol. The molecule has 0 saturated heterocycles. The van der Waals surface area contributed by atoms with Crippen LogP contribution >= 0.6 is 0 Å². The minimum atomic E-state index is -0.463. The Balaban J connectivity index is 0.000000258. The topological polar surface area (TPSA) is 83.0 Å². The number of benzene rings is 2. The van der Waals surface area contributed by atoms with Crippen molar-refractivity contribution in [1.82, 2.24) is 0 Å². The third-order valence-corrected chi connectivity index (χ3v) is 11.4. The van der Waals surface area contributed by atoms with Gasteiger partial charge in [0.15, 0.2) is 0 Å². The standard InChI is InChI=1S/2C12H18O3.2C9H13.Zr/c2*1-8(2)14-10-6-5-7-11(12(10)13)15-9(3)4;2*1-2-3-6-9-7-4-5-8-9;/h2*5-9,13H,1-4H3;2*4,7H,2-3,5-6H2,1H3;/q;;;;+2/p-2. The quantitative estimate of drug-likeness (QED) is 0.170. The van der Waals surface area contributed by atoms with Crippen LogP contribution in [0.25, 0.3) is 0 Å². The van der Waals surface area contributed by atoms with Crippen LogP contribution in [0.4, 0.5) is 0 Å². The van der Waals surface area contributed by atoms with Crippen LogP contribution in [-0.2, 0) is 23.2 Å². The molecule has 0 bridgehead atoms. The molecule has 4 rings (SSSR count). The van der Waals surface area contributed by atoms with Crippen molar-refractivity contribution in [2.45, 2.75) is 145 Å². The van der Waals surface area contributed by atoms with Gasteiger partial charge in [0.1, 0.15) is 23.0 Å².